The molecule has 0 radical (unpaired) electrons. The van der Waals surface area contributed by atoms with Crippen molar-refractivity contribution in [1.29, 1.82) is 0 Å². The highest BCUT2D eigenvalue weighted by Gasteiger charge is 2.30. The number of nitrogens with zero attached hydrogens (tertiary/aromatic N) is 3. The highest BCUT2D eigenvalue weighted by Crippen LogP contribution is 2.24. The monoisotopic (exact) mass is 577 g/mol. The van der Waals surface area contributed by atoms with Crippen LogP contribution in [0.5, 0.6) is 5.75 Å². The number of rotatable bonds is 10. The number of likely N-dealkylation sites (tertiary alicyclic amines) is 1. The summed E-state index contributed by atoms with van der Waals surface area (Å²) in [5.74, 6) is 0.583. The molecule has 1 aromatic heterocycles. The Morgan fingerprint density at radius 2 is 1.83 bits per heavy atom. The van der Waals surface area contributed by atoms with Crippen LogP contribution >= 0.6 is 11.6 Å². The SMILES string of the molecule is COc1cccc(NC(=O)N(Cc2ccccc2)C2CCN(C(C)CCNC(=O)c3c(C)cc(Cl)nc3C)CC2)c1. The molecule has 3 amide bonds. The second kappa shape index (κ2) is 14.3. The van der Waals surface area contributed by atoms with Crippen molar-refractivity contribution < 1.29 is 14.3 Å². The van der Waals surface area contributed by atoms with Crippen molar-refractivity contribution in [3.8, 4) is 5.75 Å². The second-order valence-corrected chi connectivity index (χ2v) is 11.0. The number of benzene rings is 2. The molecule has 1 aliphatic heterocycles. The quantitative estimate of drug-likeness (QED) is 0.286. The molecule has 1 atom stereocenters. The first-order valence-corrected chi connectivity index (χ1v) is 14.5. The summed E-state index contributed by atoms with van der Waals surface area (Å²) in [5.41, 5.74) is 3.86. The van der Waals surface area contributed by atoms with E-state index in [0.29, 0.717) is 47.0 Å². The maximum Gasteiger partial charge on any atom is 0.322 e. The average Bonchev–Trinajstić information content (AvgIpc) is 2.96. The lowest BCUT2D eigenvalue weighted by molar-refractivity contribution is 0.0918. The fraction of sp³-hybridized carbons (Fsp3) is 0.406. The number of aromatic nitrogens is 1. The number of carbonyl (C=O) groups excluding carboxylic acids is 2. The maximum absolute atomic E-state index is 13.5. The summed E-state index contributed by atoms with van der Waals surface area (Å²) in [4.78, 5) is 35.0. The smallest absolute Gasteiger partial charge is 0.322 e. The van der Waals surface area contributed by atoms with E-state index in [1.54, 1.807) is 20.1 Å². The summed E-state index contributed by atoms with van der Waals surface area (Å²) in [6.07, 6.45) is 2.59. The van der Waals surface area contributed by atoms with Gasteiger partial charge >= 0.3 is 6.03 Å². The minimum Gasteiger partial charge on any atom is -0.497 e. The molecule has 1 saturated heterocycles. The van der Waals surface area contributed by atoms with Crippen LogP contribution in [0.1, 0.15) is 53.4 Å². The first kappa shape index (κ1) is 30.3. The predicted molar refractivity (Wildman–Crippen MR) is 164 cm³/mol. The van der Waals surface area contributed by atoms with Crippen molar-refractivity contribution in [3.63, 3.8) is 0 Å². The Morgan fingerprint density at radius 3 is 2.51 bits per heavy atom. The Bertz CT molecular complexity index is 1300. The first-order chi connectivity index (χ1) is 19.7. The van der Waals surface area contributed by atoms with Crippen LogP contribution in [-0.4, -0.2) is 65.5 Å². The Kier molecular flexibility index (Phi) is 10.6. The Labute approximate surface area is 248 Å². The largest absolute Gasteiger partial charge is 0.497 e. The highest BCUT2D eigenvalue weighted by molar-refractivity contribution is 6.29. The van der Waals surface area contributed by atoms with E-state index in [4.69, 9.17) is 16.3 Å². The molecule has 1 aliphatic rings. The Hall–Kier alpha value is -3.62. The van der Waals surface area contributed by atoms with E-state index >= 15 is 0 Å². The molecular weight excluding hydrogens is 538 g/mol. The van der Waals surface area contributed by atoms with Crippen LogP contribution in [0, 0.1) is 13.8 Å². The fourth-order valence-corrected chi connectivity index (χ4v) is 5.77. The number of hydrogen-bond donors (Lipinski definition) is 2. The van der Waals surface area contributed by atoms with E-state index in [9.17, 15) is 9.59 Å². The van der Waals surface area contributed by atoms with Crippen LogP contribution in [0.2, 0.25) is 5.15 Å². The lowest BCUT2D eigenvalue weighted by atomic mass is 10.00. The zero-order valence-corrected chi connectivity index (χ0v) is 25.1. The summed E-state index contributed by atoms with van der Waals surface area (Å²) in [6.45, 7) is 8.77. The number of nitrogens with one attached hydrogen (secondary N) is 2. The molecule has 2 N–H and O–H groups in total. The van der Waals surface area contributed by atoms with Gasteiger partial charge in [-0.1, -0.05) is 48.0 Å². The van der Waals surface area contributed by atoms with Crippen LogP contribution in [0.4, 0.5) is 10.5 Å². The van der Waals surface area contributed by atoms with Gasteiger partial charge < -0.3 is 25.2 Å². The summed E-state index contributed by atoms with van der Waals surface area (Å²) in [7, 11) is 1.62. The third-order valence-corrected chi connectivity index (χ3v) is 7.98. The van der Waals surface area contributed by atoms with E-state index in [0.717, 1.165) is 43.5 Å². The van der Waals surface area contributed by atoms with Gasteiger partial charge in [0.2, 0.25) is 0 Å². The number of piperidine rings is 1. The van der Waals surface area contributed by atoms with Gasteiger partial charge in [-0.15, -0.1) is 0 Å². The number of carbonyl (C=O) groups is 2. The molecular formula is C32H40ClN5O3. The molecule has 218 valence electrons. The zero-order chi connectivity index (χ0) is 29.4. The highest BCUT2D eigenvalue weighted by atomic mass is 35.5. The van der Waals surface area contributed by atoms with Crippen LogP contribution in [0.3, 0.4) is 0 Å². The zero-order valence-electron chi connectivity index (χ0n) is 24.3. The number of hydrogen-bond acceptors (Lipinski definition) is 5. The van der Waals surface area contributed by atoms with Gasteiger partial charge in [-0.2, -0.15) is 0 Å². The van der Waals surface area contributed by atoms with E-state index in [2.05, 4.69) is 39.6 Å². The van der Waals surface area contributed by atoms with E-state index in [1.807, 2.05) is 54.3 Å². The molecule has 0 aliphatic carbocycles. The van der Waals surface area contributed by atoms with E-state index in [-0.39, 0.29) is 18.0 Å². The summed E-state index contributed by atoms with van der Waals surface area (Å²) in [5, 5.41) is 6.52. The average molecular weight is 578 g/mol. The molecule has 2 heterocycles. The van der Waals surface area contributed by atoms with Crippen LogP contribution < -0.4 is 15.4 Å². The second-order valence-electron chi connectivity index (χ2n) is 10.7. The number of urea groups is 1. The molecule has 8 nitrogen and oxygen atoms in total. The van der Waals surface area contributed by atoms with Gasteiger partial charge in [0.1, 0.15) is 10.9 Å². The fourth-order valence-electron chi connectivity index (χ4n) is 5.47. The van der Waals surface area contributed by atoms with Gasteiger partial charge in [0.05, 0.1) is 18.4 Å². The van der Waals surface area contributed by atoms with Crippen LogP contribution in [0.15, 0.2) is 60.7 Å². The Morgan fingerprint density at radius 1 is 1.10 bits per heavy atom. The summed E-state index contributed by atoms with van der Waals surface area (Å²) >= 11 is 6.02. The molecule has 0 spiro atoms. The van der Waals surface area contributed by atoms with Crippen LogP contribution in [-0.2, 0) is 6.54 Å². The number of halogens is 1. The maximum atomic E-state index is 13.5. The number of pyridine rings is 1. The minimum atomic E-state index is -0.117. The van der Waals surface area contributed by atoms with Gasteiger partial charge in [0.15, 0.2) is 0 Å². The van der Waals surface area contributed by atoms with Crippen LogP contribution in [0.25, 0.3) is 0 Å². The number of methoxy groups -OCH3 is 1. The van der Waals surface area contributed by atoms with Crippen molar-refractivity contribution in [2.24, 2.45) is 0 Å². The summed E-state index contributed by atoms with van der Waals surface area (Å²) < 4.78 is 5.32. The molecule has 1 fully saturated rings. The Balaban J connectivity index is 1.33. The molecule has 41 heavy (non-hydrogen) atoms. The topological polar surface area (TPSA) is 86.8 Å². The molecule has 3 aromatic rings. The number of amides is 3. The molecule has 1 unspecified atom stereocenters. The number of ether oxygens (including phenoxy) is 1. The lowest BCUT2D eigenvalue weighted by Crippen LogP contribution is -2.50. The van der Waals surface area contributed by atoms with Gasteiger partial charge in [-0.25, -0.2) is 9.78 Å². The lowest BCUT2D eigenvalue weighted by Gasteiger charge is -2.40. The van der Waals surface area contributed by atoms with Gasteiger partial charge in [0.25, 0.3) is 5.91 Å². The van der Waals surface area contributed by atoms with Gasteiger partial charge in [-0.05, 0) is 69.4 Å². The molecule has 0 bridgehead atoms. The number of aryl methyl sites for hydroxylation is 2. The molecule has 9 heteroatoms. The van der Waals surface area contributed by atoms with E-state index in [1.165, 1.54) is 0 Å². The summed E-state index contributed by atoms with van der Waals surface area (Å²) in [6, 6.07) is 19.6. The van der Waals surface area contributed by atoms with Gasteiger partial charge in [0, 0.05) is 50.0 Å². The predicted octanol–water partition coefficient (Wildman–Crippen LogP) is 6.07. The molecule has 2 aromatic carbocycles. The van der Waals surface area contributed by atoms with Crippen molar-refractivity contribution in [1.82, 2.24) is 20.1 Å². The first-order valence-electron chi connectivity index (χ1n) is 14.2. The minimum absolute atomic E-state index is 0.112. The molecule has 4 rings (SSSR count). The van der Waals surface area contributed by atoms with Gasteiger partial charge in [-0.3, -0.25) is 4.79 Å². The normalized spacial score (nSPS) is 14.8. The van der Waals surface area contributed by atoms with Crippen molar-refractivity contribution in [2.75, 3.05) is 32.1 Å². The third-order valence-electron chi connectivity index (χ3n) is 7.78. The van der Waals surface area contributed by atoms with Crippen molar-refractivity contribution >= 4 is 29.2 Å². The standard InChI is InChI=1S/C32H40ClN5O3/c1-22-19-29(33)35-24(3)30(22)31(39)34-16-13-23(2)37-17-14-27(15-18-37)38(21-25-9-6-5-7-10-25)32(40)36-26-11-8-12-28(20-26)41-4/h5-12,19-20,23,27H,13-18,21H2,1-4H3,(H,34,39)(H,36,40). The van der Waals surface area contributed by atoms with Crippen molar-refractivity contribution in [2.45, 2.75) is 58.7 Å². The molecule has 0 saturated carbocycles. The van der Waals surface area contributed by atoms with Crippen molar-refractivity contribution in [3.05, 3.63) is 88.2 Å². The number of anilines is 1. The van der Waals surface area contributed by atoms with E-state index < -0.39 is 0 Å². The third kappa shape index (κ3) is 8.21.